The van der Waals surface area contributed by atoms with E-state index in [1.165, 1.54) is 4.31 Å². The molecule has 0 atom stereocenters. The highest BCUT2D eigenvalue weighted by molar-refractivity contribution is 7.89. The van der Waals surface area contributed by atoms with Crippen LogP contribution < -0.4 is 9.47 Å². The number of rotatable bonds is 8. The highest BCUT2D eigenvalue weighted by Crippen LogP contribution is 2.51. The number of carbonyl (C=O) groups is 1. The van der Waals surface area contributed by atoms with Crippen LogP contribution in [0.15, 0.2) is 59.5 Å². The normalized spacial score (nSPS) is 15.8. The van der Waals surface area contributed by atoms with Gasteiger partial charge in [0.05, 0.1) is 10.3 Å². The predicted octanol–water partition coefficient (Wildman–Crippen LogP) is 5.05. The fraction of sp³-hybridized carbons (Fsp3) is 0.345. The van der Waals surface area contributed by atoms with Gasteiger partial charge in [0.1, 0.15) is 5.78 Å². The van der Waals surface area contributed by atoms with Crippen molar-refractivity contribution in [3.05, 3.63) is 76.9 Å². The van der Waals surface area contributed by atoms with Gasteiger partial charge in [-0.25, -0.2) is 12.7 Å². The summed E-state index contributed by atoms with van der Waals surface area (Å²) in [6.07, 6.45) is 2.62. The minimum absolute atomic E-state index is 0.206. The van der Waals surface area contributed by atoms with Gasteiger partial charge in [0, 0.05) is 20.5 Å². The lowest BCUT2D eigenvalue weighted by molar-refractivity contribution is -0.120. The Morgan fingerprint density at radius 1 is 0.972 bits per heavy atom. The van der Waals surface area contributed by atoms with Gasteiger partial charge >= 0.3 is 0 Å². The highest BCUT2D eigenvalue weighted by atomic mass is 32.2. The molecule has 0 amide bonds. The molecule has 0 N–H and O–H groups in total. The number of sulfonamides is 1. The fourth-order valence-electron chi connectivity index (χ4n) is 4.96. The summed E-state index contributed by atoms with van der Waals surface area (Å²) in [5.74, 6) is 1.63. The van der Waals surface area contributed by atoms with Gasteiger partial charge in [0.2, 0.25) is 16.8 Å². The minimum Gasteiger partial charge on any atom is -0.454 e. The SMILES string of the molecule is CCc1cc(-c2cc(CC(=O)C3(c4ccc5c(c4)OCO5)CC3)ccc2C)ccc1S(=O)(=O)N(C)C. The number of fused-ring (bicyclic) bond motifs is 1. The average molecular weight is 506 g/mol. The first-order valence-electron chi connectivity index (χ1n) is 12.2. The van der Waals surface area contributed by atoms with Crippen LogP contribution >= 0.6 is 0 Å². The van der Waals surface area contributed by atoms with Crippen LogP contribution in [0, 0.1) is 6.92 Å². The van der Waals surface area contributed by atoms with Crippen LogP contribution in [0.1, 0.15) is 42.0 Å². The van der Waals surface area contributed by atoms with E-state index in [0.29, 0.717) is 23.5 Å². The van der Waals surface area contributed by atoms with Crippen molar-refractivity contribution in [1.29, 1.82) is 0 Å². The van der Waals surface area contributed by atoms with Gasteiger partial charge in [-0.05, 0) is 83.8 Å². The molecule has 6 nitrogen and oxygen atoms in total. The van der Waals surface area contributed by atoms with Gasteiger partial charge in [0.15, 0.2) is 11.5 Å². The van der Waals surface area contributed by atoms with Crippen LogP contribution in [0.2, 0.25) is 0 Å². The van der Waals surface area contributed by atoms with Crippen LogP contribution in [-0.4, -0.2) is 39.4 Å². The second kappa shape index (κ2) is 9.05. The molecule has 0 bridgehead atoms. The third kappa shape index (κ3) is 4.20. The largest absolute Gasteiger partial charge is 0.454 e. The van der Waals surface area contributed by atoms with E-state index in [2.05, 4.69) is 6.07 Å². The molecule has 2 aliphatic rings. The molecule has 7 heteroatoms. The molecule has 1 heterocycles. The van der Waals surface area contributed by atoms with Crippen molar-refractivity contribution in [3.8, 4) is 22.6 Å². The minimum atomic E-state index is -3.52. The lowest BCUT2D eigenvalue weighted by Gasteiger charge is -2.18. The third-order valence-electron chi connectivity index (χ3n) is 7.39. The Morgan fingerprint density at radius 3 is 2.42 bits per heavy atom. The Balaban J connectivity index is 1.43. The Labute approximate surface area is 212 Å². The molecule has 1 saturated carbocycles. The molecule has 5 rings (SSSR count). The summed E-state index contributed by atoms with van der Waals surface area (Å²) < 4.78 is 37.7. The van der Waals surface area contributed by atoms with E-state index in [0.717, 1.165) is 52.0 Å². The smallest absolute Gasteiger partial charge is 0.242 e. The maximum absolute atomic E-state index is 13.5. The molecule has 1 fully saturated rings. The van der Waals surface area contributed by atoms with E-state index >= 15 is 0 Å². The van der Waals surface area contributed by atoms with Gasteiger partial charge in [-0.1, -0.05) is 37.3 Å². The molecule has 1 aliphatic heterocycles. The summed E-state index contributed by atoms with van der Waals surface area (Å²) in [5.41, 5.74) is 5.31. The Bertz CT molecular complexity index is 1450. The average Bonchev–Trinajstić information content (AvgIpc) is 3.55. The third-order valence-corrected chi connectivity index (χ3v) is 9.30. The number of aryl methyl sites for hydroxylation is 2. The Kier molecular flexibility index (Phi) is 6.17. The first-order chi connectivity index (χ1) is 17.2. The van der Waals surface area contributed by atoms with E-state index < -0.39 is 15.4 Å². The number of Topliss-reactive ketones (excluding diaryl/α,β-unsaturated/α-hetero) is 1. The standard InChI is InChI=1S/C29H31NO5S/c1-5-21-16-22(8-11-27(21)36(32,33)30(3)4)24-14-20(7-6-19(24)2)15-28(31)29(12-13-29)23-9-10-25-26(17-23)35-18-34-25/h6-11,14,16-17H,5,12-13,15,18H2,1-4H3. The molecule has 3 aromatic rings. The molecule has 0 saturated heterocycles. The molecule has 3 aromatic carbocycles. The van der Waals surface area contributed by atoms with Gasteiger partial charge in [0.25, 0.3) is 0 Å². The molecule has 0 radical (unpaired) electrons. The number of benzene rings is 3. The Morgan fingerprint density at radius 2 is 1.72 bits per heavy atom. The molecule has 1 aliphatic carbocycles. The van der Waals surface area contributed by atoms with Gasteiger partial charge in [-0.3, -0.25) is 4.79 Å². The van der Waals surface area contributed by atoms with Crippen LogP contribution in [-0.2, 0) is 33.1 Å². The van der Waals surface area contributed by atoms with Crippen molar-refractivity contribution >= 4 is 15.8 Å². The summed E-state index contributed by atoms with van der Waals surface area (Å²) in [6, 6.07) is 17.4. The summed E-state index contributed by atoms with van der Waals surface area (Å²) in [4.78, 5) is 13.8. The second-order valence-corrected chi connectivity index (χ2v) is 12.0. The van der Waals surface area contributed by atoms with Crippen molar-refractivity contribution in [2.24, 2.45) is 0 Å². The van der Waals surface area contributed by atoms with Crippen LogP contribution in [0.4, 0.5) is 0 Å². The molecule has 0 aromatic heterocycles. The van der Waals surface area contributed by atoms with Gasteiger partial charge < -0.3 is 9.47 Å². The quantitative estimate of drug-likeness (QED) is 0.429. The zero-order chi connectivity index (χ0) is 25.7. The van der Waals surface area contributed by atoms with Crippen molar-refractivity contribution < 1.29 is 22.7 Å². The van der Waals surface area contributed by atoms with E-state index in [-0.39, 0.29) is 12.6 Å². The van der Waals surface area contributed by atoms with Gasteiger partial charge in [-0.2, -0.15) is 0 Å². The summed E-state index contributed by atoms with van der Waals surface area (Å²) >= 11 is 0. The number of ether oxygens (including phenoxy) is 2. The van der Waals surface area contributed by atoms with Crippen LogP contribution in [0.3, 0.4) is 0 Å². The number of hydrogen-bond acceptors (Lipinski definition) is 5. The van der Waals surface area contributed by atoms with Crippen LogP contribution in [0.25, 0.3) is 11.1 Å². The molecular weight excluding hydrogens is 474 g/mol. The predicted molar refractivity (Wildman–Crippen MR) is 139 cm³/mol. The summed E-state index contributed by atoms with van der Waals surface area (Å²) in [5, 5.41) is 0. The lowest BCUT2D eigenvalue weighted by Crippen LogP contribution is -2.23. The summed E-state index contributed by atoms with van der Waals surface area (Å²) in [7, 11) is -0.430. The van der Waals surface area contributed by atoms with Crippen molar-refractivity contribution in [2.45, 2.75) is 49.8 Å². The number of hydrogen-bond donors (Lipinski definition) is 0. The monoisotopic (exact) mass is 505 g/mol. The van der Waals surface area contributed by atoms with E-state index in [1.807, 2.05) is 56.3 Å². The highest BCUT2D eigenvalue weighted by Gasteiger charge is 2.50. The fourth-order valence-corrected chi connectivity index (χ4v) is 6.13. The molecule has 188 valence electrons. The molecule has 36 heavy (non-hydrogen) atoms. The zero-order valence-electron chi connectivity index (χ0n) is 21.1. The maximum atomic E-state index is 13.5. The topological polar surface area (TPSA) is 72.9 Å². The first-order valence-corrected chi connectivity index (χ1v) is 13.7. The molecule has 0 spiro atoms. The molecular formula is C29H31NO5S. The second-order valence-electron chi connectivity index (χ2n) is 9.86. The van der Waals surface area contributed by atoms with Crippen LogP contribution in [0.5, 0.6) is 11.5 Å². The number of nitrogens with zero attached hydrogens (tertiary/aromatic N) is 1. The first kappa shape index (κ1) is 24.5. The lowest BCUT2D eigenvalue weighted by atomic mass is 9.86. The van der Waals surface area contributed by atoms with Gasteiger partial charge in [-0.15, -0.1) is 0 Å². The molecule has 0 unspecified atom stereocenters. The number of ketones is 1. The zero-order valence-corrected chi connectivity index (χ0v) is 21.9. The van der Waals surface area contributed by atoms with E-state index in [1.54, 1.807) is 20.2 Å². The number of carbonyl (C=O) groups excluding carboxylic acids is 1. The van der Waals surface area contributed by atoms with Crippen molar-refractivity contribution in [3.63, 3.8) is 0 Å². The van der Waals surface area contributed by atoms with E-state index in [9.17, 15) is 13.2 Å². The van der Waals surface area contributed by atoms with Crippen molar-refractivity contribution in [1.82, 2.24) is 4.31 Å². The Hall–Kier alpha value is -3.16. The summed E-state index contributed by atoms with van der Waals surface area (Å²) in [6.45, 7) is 4.21. The maximum Gasteiger partial charge on any atom is 0.242 e. The van der Waals surface area contributed by atoms with E-state index in [4.69, 9.17) is 9.47 Å². The van der Waals surface area contributed by atoms with Crippen molar-refractivity contribution in [2.75, 3.05) is 20.9 Å².